The largest absolute Gasteiger partial charge is 0.478 e. The first-order chi connectivity index (χ1) is 12.1. The maximum Gasteiger partial charge on any atom is 0.416 e. The Hall–Kier alpha value is -2.68. The summed E-state index contributed by atoms with van der Waals surface area (Å²) >= 11 is 1.28. The van der Waals surface area contributed by atoms with Crippen LogP contribution in [-0.4, -0.2) is 25.8 Å². The molecule has 0 aliphatic carbocycles. The highest BCUT2D eigenvalue weighted by Gasteiger charge is 2.31. The van der Waals surface area contributed by atoms with Crippen LogP contribution in [0.15, 0.2) is 42.0 Å². The van der Waals surface area contributed by atoms with Crippen molar-refractivity contribution >= 4 is 17.3 Å². The first kappa shape index (κ1) is 18.1. The van der Waals surface area contributed by atoms with Gasteiger partial charge in [-0.15, -0.1) is 11.3 Å². The van der Waals surface area contributed by atoms with E-state index >= 15 is 0 Å². The van der Waals surface area contributed by atoms with Crippen LogP contribution in [-0.2, 0) is 11.7 Å². The minimum Gasteiger partial charge on any atom is -0.478 e. The molecule has 136 valence electrons. The van der Waals surface area contributed by atoms with Crippen molar-refractivity contribution in [2.45, 2.75) is 25.6 Å². The summed E-state index contributed by atoms with van der Waals surface area (Å²) in [4.78, 5) is 15.5. The Bertz CT molecular complexity index is 960. The number of thiazole rings is 1. The second kappa shape index (κ2) is 6.24. The molecule has 0 spiro atoms. The zero-order valence-corrected chi connectivity index (χ0v) is 14.6. The van der Waals surface area contributed by atoms with Gasteiger partial charge in [0.05, 0.1) is 23.0 Å². The normalized spacial score (nSPS) is 12.3. The lowest BCUT2D eigenvalue weighted by Gasteiger charge is -2.22. The molecular weight excluding hydrogens is 367 g/mol. The highest BCUT2D eigenvalue weighted by atomic mass is 32.1. The Balaban J connectivity index is 1.95. The number of carboxylic acids is 1. The molecule has 0 radical (unpaired) electrons. The van der Waals surface area contributed by atoms with Crippen molar-refractivity contribution in [3.8, 4) is 11.3 Å². The van der Waals surface area contributed by atoms with Crippen molar-refractivity contribution in [1.29, 1.82) is 0 Å². The summed E-state index contributed by atoms with van der Waals surface area (Å²) in [5.41, 5.74) is -0.646. The van der Waals surface area contributed by atoms with Gasteiger partial charge < -0.3 is 5.11 Å². The summed E-state index contributed by atoms with van der Waals surface area (Å²) in [5.74, 6) is -1.09. The van der Waals surface area contributed by atoms with E-state index in [1.165, 1.54) is 34.5 Å². The van der Waals surface area contributed by atoms with Gasteiger partial charge in [-0.25, -0.2) is 9.78 Å². The Morgan fingerprint density at radius 3 is 2.62 bits per heavy atom. The second-order valence-electron chi connectivity index (χ2n) is 6.15. The van der Waals surface area contributed by atoms with Gasteiger partial charge in [-0.1, -0.05) is 12.1 Å². The summed E-state index contributed by atoms with van der Waals surface area (Å²) in [5, 5.41) is 15.4. The molecule has 1 aromatic carbocycles. The van der Waals surface area contributed by atoms with Gasteiger partial charge in [0.2, 0.25) is 0 Å². The Kier molecular flexibility index (Phi) is 4.35. The highest BCUT2D eigenvalue weighted by molar-refractivity contribution is 7.10. The van der Waals surface area contributed by atoms with Crippen LogP contribution in [0.4, 0.5) is 13.2 Å². The molecule has 0 saturated carbocycles. The van der Waals surface area contributed by atoms with Crippen molar-refractivity contribution in [3.05, 3.63) is 58.2 Å². The van der Waals surface area contributed by atoms with Crippen LogP contribution in [0, 0.1) is 0 Å². The molecule has 0 atom stereocenters. The number of nitrogens with zero attached hydrogens (tertiary/aromatic N) is 3. The van der Waals surface area contributed by atoms with E-state index in [9.17, 15) is 18.0 Å². The summed E-state index contributed by atoms with van der Waals surface area (Å²) in [6.07, 6.45) is -1.78. The lowest BCUT2D eigenvalue weighted by atomic mass is 10.1. The van der Waals surface area contributed by atoms with Crippen molar-refractivity contribution in [2.24, 2.45) is 0 Å². The molecule has 3 aromatic rings. The third-order valence-electron chi connectivity index (χ3n) is 3.92. The van der Waals surface area contributed by atoms with Gasteiger partial charge in [-0.05, 0) is 26.0 Å². The number of carboxylic acid groups (broad SMARTS) is 1. The van der Waals surface area contributed by atoms with Gasteiger partial charge in [0, 0.05) is 17.1 Å². The fraction of sp³-hybridized carbons (Fsp3) is 0.235. The predicted octanol–water partition coefficient (Wildman–Crippen LogP) is 4.51. The van der Waals surface area contributed by atoms with Crippen LogP contribution >= 0.6 is 11.3 Å². The van der Waals surface area contributed by atoms with Crippen LogP contribution in [0.25, 0.3) is 11.3 Å². The molecule has 0 saturated heterocycles. The molecule has 26 heavy (non-hydrogen) atoms. The number of aromatic nitrogens is 3. The summed E-state index contributed by atoms with van der Waals surface area (Å²) < 4.78 is 40.1. The molecular formula is C17H14F3N3O2S. The second-order valence-corrected chi connectivity index (χ2v) is 7.01. The molecule has 0 fully saturated rings. The molecule has 1 N–H and O–H groups in total. The van der Waals surface area contributed by atoms with E-state index in [0.717, 1.165) is 12.1 Å². The number of hydrogen-bond acceptors (Lipinski definition) is 4. The molecule has 2 heterocycles. The van der Waals surface area contributed by atoms with E-state index in [1.807, 2.05) is 0 Å². The van der Waals surface area contributed by atoms with Crippen molar-refractivity contribution < 1.29 is 23.1 Å². The minimum atomic E-state index is -4.42. The van der Waals surface area contributed by atoms with Crippen molar-refractivity contribution in [3.63, 3.8) is 0 Å². The van der Waals surface area contributed by atoms with Gasteiger partial charge in [-0.2, -0.15) is 18.3 Å². The number of alkyl halides is 3. The molecule has 0 aliphatic rings. The van der Waals surface area contributed by atoms with Crippen molar-refractivity contribution in [2.75, 3.05) is 0 Å². The summed E-state index contributed by atoms with van der Waals surface area (Å²) in [6, 6.07) is 4.98. The monoisotopic (exact) mass is 381 g/mol. The molecule has 0 unspecified atom stereocenters. The molecule has 9 heteroatoms. The molecule has 5 nitrogen and oxygen atoms in total. The van der Waals surface area contributed by atoms with Crippen LogP contribution in [0.2, 0.25) is 0 Å². The van der Waals surface area contributed by atoms with Crippen LogP contribution < -0.4 is 0 Å². The Labute approximate surface area is 150 Å². The van der Waals surface area contributed by atoms with Gasteiger partial charge in [0.25, 0.3) is 0 Å². The van der Waals surface area contributed by atoms with Gasteiger partial charge >= 0.3 is 12.1 Å². The third kappa shape index (κ3) is 3.34. The number of benzene rings is 1. The van der Waals surface area contributed by atoms with Crippen LogP contribution in [0.5, 0.6) is 0 Å². The van der Waals surface area contributed by atoms with E-state index in [0.29, 0.717) is 16.3 Å². The summed E-state index contributed by atoms with van der Waals surface area (Å²) in [6.45, 7) is 3.61. The maximum atomic E-state index is 12.9. The maximum absolute atomic E-state index is 12.9. The van der Waals surface area contributed by atoms with E-state index in [-0.39, 0.29) is 5.56 Å². The van der Waals surface area contributed by atoms with E-state index in [2.05, 4.69) is 10.1 Å². The smallest absolute Gasteiger partial charge is 0.416 e. The van der Waals surface area contributed by atoms with E-state index in [1.54, 1.807) is 25.3 Å². The average Bonchev–Trinajstić information content (AvgIpc) is 3.24. The standard InChI is InChI=1S/C17H14F3N3O2S/c1-16(2,23-8-11(7-21-23)14(24)25)15-22-13(9-26-15)10-4-3-5-12(6-10)17(18,19)20/h3-9H,1-2H3,(H,24,25). The number of aromatic carboxylic acids is 1. The lowest BCUT2D eigenvalue weighted by molar-refractivity contribution is -0.137. The molecule has 0 bridgehead atoms. The highest BCUT2D eigenvalue weighted by Crippen LogP contribution is 2.34. The van der Waals surface area contributed by atoms with Gasteiger partial charge in [0.1, 0.15) is 10.5 Å². The fourth-order valence-electron chi connectivity index (χ4n) is 2.38. The minimum absolute atomic E-state index is 0.0488. The molecule has 0 aliphatic heterocycles. The number of hydrogen-bond donors (Lipinski definition) is 1. The number of halogens is 3. The third-order valence-corrected chi connectivity index (χ3v) is 5.07. The van der Waals surface area contributed by atoms with E-state index in [4.69, 9.17) is 5.11 Å². The first-order valence-corrected chi connectivity index (χ1v) is 8.39. The summed E-state index contributed by atoms with van der Waals surface area (Å²) in [7, 11) is 0. The predicted molar refractivity (Wildman–Crippen MR) is 90.2 cm³/mol. The number of rotatable bonds is 4. The topological polar surface area (TPSA) is 68.0 Å². The quantitative estimate of drug-likeness (QED) is 0.722. The number of carbonyl (C=O) groups is 1. The van der Waals surface area contributed by atoms with Gasteiger partial charge in [-0.3, -0.25) is 4.68 Å². The zero-order chi connectivity index (χ0) is 19.1. The van der Waals surface area contributed by atoms with Crippen LogP contribution in [0.3, 0.4) is 0 Å². The molecule has 3 rings (SSSR count). The average molecular weight is 381 g/mol. The first-order valence-electron chi connectivity index (χ1n) is 7.51. The van der Waals surface area contributed by atoms with Gasteiger partial charge in [0.15, 0.2) is 0 Å². The molecule has 0 amide bonds. The Morgan fingerprint density at radius 1 is 1.27 bits per heavy atom. The SMILES string of the molecule is CC(C)(c1nc(-c2cccc(C(F)(F)F)c2)cs1)n1cc(C(=O)O)cn1. The lowest BCUT2D eigenvalue weighted by Crippen LogP contribution is -2.28. The van der Waals surface area contributed by atoms with Crippen molar-refractivity contribution in [1.82, 2.24) is 14.8 Å². The van der Waals surface area contributed by atoms with E-state index < -0.39 is 23.2 Å². The fourth-order valence-corrected chi connectivity index (χ4v) is 3.32. The molecule has 2 aromatic heterocycles. The zero-order valence-electron chi connectivity index (χ0n) is 13.8. The Morgan fingerprint density at radius 2 is 2.00 bits per heavy atom. The van der Waals surface area contributed by atoms with Crippen LogP contribution in [0.1, 0.15) is 34.8 Å².